The van der Waals surface area contributed by atoms with E-state index in [4.69, 9.17) is 9.47 Å². The first kappa shape index (κ1) is 22.2. The lowest BCUT2D eigenvalue weighted by molar-refractivity contribution is 0.144. The van der Waals surface area contributed by atoms with Crippen molar-refractivity contribution in [2.75, 3.05) is 19.8 Å². The maximum Gasteiger partial charge on any atom is 0.129 e. The number of rotatable bonds is 10. The van der Waals surface area contributed by atoms with E-state index in [1.807, 2.05) is 37.3 Å². The lowest BCUT2D eigenvalue weighted by atomic mass is 10.0. The van der Waals surface area contributed by atoms with Crippen LogP contribution < -0.4 is 10.1 Å². The van der Waals surface area contributed by atoms with Crippen LogP contribution in [0.1, 0.15) is 24.5 Å². The molecule has 0 saturated carbocycles. The maximum absolute atomic E-state index is 13.9. The number of halogens is 2. The van der Waals surface area contributed by atoms with Gasteiger partial charge in [0.15, 0.2) is 0 Å². The van der Waals surface area contributed by atoms with Crippen LogP contribution in [0.25, 0.3) is 10.8 Å². The predicted molar refractivity (Wildman–Crippen MR) is 115 cm³/mol. The molecule has 0 atom stereocenters. The third-order valence-corrected chi connectivity index (χ3v) is 4.49. The lowest BCUT2D eigenvalue weighted by Gasteiger charge is -2.15. The zero-order chi connectivity index (χ0) is 18.9. The molecule has 3 rings (SSSR count). The summed E-state index contributed by atoms with van der Waals surface area (Å²) in [7, 11) is 0. The van der Waals surface area contributed by atoms with Crippen molar-refractivity contribution in [3.05, 3.63) is 77.6 Å². The number of nitrogens with one attached hydrogen (secondary N) is 1. The van der Waals surface area contributed by atoms with Gasteiger partial charge in [0, 0.05) is 30.9 Å². The summed E-state index contributed by atoms with van der Waals surface area (Å²) < 4.78 is 25.3. The molecule has 0 fully saturated rings. The molecule has 0 unspecified atom stereocenters. The van der Waals surface area contributed by atoms with E-state index in [0.717, 1.165) is 42.9 Å². The quantitative estimate of drug-likeness (QED) is 0.453. The van der Waals surface area contributed by atoms with Gasteiger partial charge in [-0.3, -0.25) is 0 Å². The van der Waals surface area contributed by atoms with Gasteiger partial charge in [-0.1, -0.05) is 48.5 Å². The fourth-order valence-electron chi connectivity index (χ4n) is 3.06. The SMILES string of the molecule is CCOCCCNCc1c(OCc2ccccc2F)ccc2ccccc12.Cl. The van der Waals surface area contributed by atoms with Crippen LogP contribution in [-0.2, 0) is 17.9 Å². The number of hydrogen-bond acceptors (Lipinski definition) is 3. The van der Waals surface area contributed by atoms with Crippen molar-refractivity contribution >= 4 is 23.2 Å². The molecule has 0 amide bonds. The van der Waals surface area contributed by atoms with Crippen molar-refractivity contribution < 1.29 is 13.9 Å². The van der Waals surface area contributed by atoms with E-state index in [9.17, 15) is 4.39 Å². The zero-order valence-corrected chi connectivity index (χ0v) is 16.9. The summed E-state index contributed by atoms with van der Waals surface area (Å²) in [5.41, 5.74) is 1.65. The molecular weight excluding hydrogens is 377 g/mol. The molecule has 1 N–H and O–H groups in total. The second-order valence-electron chi connectivity index (χ2n) is 6.37. The Bertz CT molecular complexity index is 872. The third kappa shape index (κ3) is 5.93. The molecule has 0 heterocycles. The molecule has 3 aromatic rings. The molecule has 0 aliphatic carbocycles. The van der Waals surface area contributed by atoms with E-state index in [2.05, 4.69) is 17.4 Å². The van der Waals surface area contributed by atoms with Crippen LogP contribution in [0.15, 0.2) is 60.7 Å². The van der Waals surface area contributed by atoms with E-state index in [1.54, 1.807) is 12.1 Å². The van der Waals surface area contributed by atoms with Gasteiger partial charge in [0.05, 0.1) is 0 Å². The van der Waals surface area contributed by atoms with E-state index in [0.29, 0.717) is 12.1 Å². The molecule has 0 bridgehead atoms. The normalized spacial score (nSPS) is 10.6. The zero-order valence-electron chi connectivity index (χ0n) is 16.1. The first-order valence-corrected chi connectivity index (χ1v) is 9.45. The first-order chi connectivity index (χ1) is 13.3. The Kier molecular flexibility index (Phi) is 9.21. The van der Waals surface area contributed by atoms with Crippen molar-refractivity contribution in [2.45, 2.75) is 26.5 Å². The van der Waals surface area contributed by atoms with Gasteiger partial charge < -0.3 is 14.8 Å². The van der Waals surface area contributed by atoms with Gasteiger partial charge in [0.1, 0.15) is 18.2 Å². The van der Waals surface area contributed by atoms with Crippen LogP contribution in [-0.4, -0.2) is 19.8 Å². The molecule has 150 valence electrons. The van der Waals surface area contributed by atoms with Gasteiger partial charge in [-0.25, -0.2) is 4.39 Å². The third-order valence-electron chi connectivity index (χ3n) is 4.49. The smallest absolute Gasteiger partial charge is 0.129 e. The highest BCUT2D eigenvalue weighted by Gasteiger charge is 2.10. The van der Waals surface area contributed by atoms with Gasteiger partial charge >= 0.3 is 0 Å². The maximum atomic E-state index is 13.9. The van der Waals surface area contributed by atoms with Crippen LogP contribution in [0.3, 0.4) is 0 Å². The van der Waals surface area contributed by atoms with Crippen LogP contribution >= 0.6 is 12.4 Å². The van der Waals surface area contributed by atoms with Gasteiger partial charge in [-0.2, -0.15) is 0 Å². The Balaban J connectivity index is 0.00000280. The van der Waals surface area contributed by atoms with Crippen LogP contribution in [0.2, 0.25) is 0 Å². The summed E-state index contributed by atoms with van der Waals surface area (Å²) in [5, 5.41) is 5.79. The summed E-state index contributed by atoms with van der Waals surface area (Å²) in [4.78, 5) is 0. The van der Waals surface area contributed by atoms with E-state index < -0.39 is 0 Å². The molecule has 0 aromatic heterocycles. The Hall–Kier alpha value is -2.14. The molecule has 0 aliphatic heterocycles. The van der Waals surface area contributed by atoms with Crippen LogP contribution in [0.4, 0.5) is 4.39 Å². The van der Waals surface area contributed by atoms with Gasteiger partial charge in [-0.05, 0) is 42.8 Å². The van der Waals surface area contributed by atoms with Crippen molar-refractivity contribution in [1.29, 1.82) is 0 Å². The van der Waals surface area contributed by atoms with Crippen molar-refractivity contribution in [3.8, 4) is 5.75 Å². The van der Waals surface area contributed by atoms with Crippen LogP contribution in [0, 0.1) is 5.82 Å². The number of hydrogen-bond donors (Lipinski definition) is 1. The molecule has 0 radical (unpaired) electrons. The highest BCUT2D eigenvalue weighted by molar-refractivity contribution is 5.87. The molecule has 0 aliphatic rings. The highest BCUT2D eigenvalue weighted by atomic mass is 35.5. The number of fused-ring (bicyclic) bond motifs is 1. The molecule has 3 nitrogen and oxygen atoms in total. The molecule has 28 heavy (non-hydrogen) atoms. The summed E-state index contributed by atoms with van der Waals surface area (Å²) in [6.45, 7) is 5.29. The molecule has 0 saturated heterocycles. The highest BCUT2D eigenvalue weighted by Crippen LogP contribution is 2.29. The monoisotopic (exact) mass is 403 g/mol. The minimum atomic E-state index is -0.242. The summed E-state index contributed by atoms with van der Waals surface area (Å²) in [6.07, 6.45) is 0.962. The fourth-order valence-corrected chi connectivity index (χ4v) is 3.06. The average Bonchev–Trinajstić information content (AvgIpc) is 2.70. The second-order valence-corrected chi connectivity index (χ2v) is 6.37. The largest absolute Gasteiger partial charge is 0.488 e. The van der Waals surface area contributed by atoms with Crippen molar-refractivity contribution in [2.24, 2.45) is 0 Å². The van der Waals surface area contributed by atoms with E-state index >= 15 is 0 Å². The summed E-state index contributed by atoms with van der Waals surface area (Å²) >= 11 is 0. The minimum absolute atomic E-state index is 0. The Morgan fingerprint density at radius 2 is 1.75 bits per heavy atom. The fraction of sp³-hybridized carbons (Fsp3) is 0.304. The summed E-state index contributed by atoms with van der Waals surface area (Å²) in [5.74, 6) is 0.545. The van der Waals surface area contributed by atoms with E-state index in [-0.39, 0.29) is 24.8 Å². The predicted octanol–water partition coefficient (Wildman–Crippen LogP) is 5.50. The molecule has 3 aromatic carbocycles. The van der Waals surface area contributed by atoms with Gasteiger partial charge in [0.2, 0.25) is 0 Å². The average molecular weight is 404 g/mol. The van der Waals surface area contributed by atoms with E-state index in [1.165, 1.54) is 11.5 Å². The Labute approximate surface area is 172 Å². The van der Waals surface area contributed by atoms with Crippen LogP contribution in [0.5, 0.6) is 5.75 Å². The molecule has 5 heteroatoms. The Morgan fingerprint density at radius 3 is 2.57 bits per heavy atom. The Morgan fingerprint density at radius 1 is 0.964 bits per heavy atom. The lowest BCUT2D eigenvalue weighted by Crippen LogP contribution is -2.17. The first-order valence-electron chi connectivity index (χ1n) is 9.45. The van der Waals surface area contributed by atoms with Crippen molar-refractivity contribution in [1.82, 2.24) is 5.32 Å². The van der Waals surface area contributed by atoms with Gasteiger partial charge in [-0.15, -0.1) is 12.4 Å². The molecular formula is C23H27ClFNO2. The summed E-state index contributed by atoms with van der Waals surface area (Å²) in [6, 6.07) is 19.0. The topological polar surface area (TPSA) is 30.5 Å². The molecule has 0 spiro atoms. The number of ether oxygens (including phenoxy) is 2. The minimum Gasteiger partial charge on any atom is -0.488 e. The van der Waals surface area contributed by atoms with Crippen molar-refractivity contribution in [3.63, 3.8) is 0 Å². The number of benzene rings is 3. The standard InChI is InChI=1S/C23H26FNO2.ClH/c1-2-26-15-7-14-25-16-21-20-10-5-3-8-18(20)12-13-23(21)27-17-19-9-4-6-11-22(19)24;/h3-6,8-13,25H,2,7,14-17H2,1H3;1H. The van der Waals surface area contributed by atoms with Gasteiger partial charge in [0.25, 0.3) is 0 Å². The second kappa shape index (κ2) is 11.6.